The summed E-state index contributed by atoms with van der Waals surface area (Å²) < 4.78 is 0.408. The quantitative estimate of drug-likeness (QED) is 0.728. The molecule has 1 atom stereocenters. The van der Waals surface area contributed by atoms with Gasteiger partial charge in [0.2, 0.25) is 0 Å². The molecule has 3 heteroatoms. The van der Waals surface area contributed by atoms with Gasteiger partial charge in [-0.3, -0.25) is 0 Å². The van der Waals surface area contributed by atoms with E-state index in [-0.39, 0.29) is 0 Å². The molecule has 1 fully saturated rings. The molecule has 1 heterocycles. The smallest absolute Gasteiger partial charge is 0.0715 e. The van der Waals surface area contributed by atoms with Crippen LogP contribution in [-0.4, -0.2) is 34.3 Å². The minimum Gasteiger partial charge on any atom is -0.389 e. The zero-order valence-corrected chi connectivity index (χ0v) is 9.71. The number of hydrogen-bond acceptors (Lipinski definition) is 3. The van der Waals surface area contributed by atoms with Crippen molar-refractivity contribution in [2.24, 2.45) is 0 Å². The first-order chi connectivity index (χ1) is 5.91. The maximum absolute atomic E-state index is 9.51. The SMILES string of the molecule is CC(C)(O)CNCC1(C)CCCS1. The lowest BCUT2D eigenvalue weighted by molar-refractivity contribution is 0.0794. The van der Waals surface area contributed by atoms with Gasteiger partial charge in [0.25, 0.3) is 0 Å². The summed E-state index contributed by atoms with van der Waals surface area (Å²) in [6.07, 6.45) is 2.64. The van der Waals surface area contributed by atoms with Gasteiger partial charge < -0.3 is 10.4 Å². The third kappa shape index (κ3) is 4.34. The van der Waals surface area contributed by atoms with Crippen molar-refractivity contribution in [3.8, 4) is 0 Å². The lowest BCUT2D eigenvalue weighted by Gasteiger charge is -2.25. The number of thioether (sulfide) groups is 1. The first kappa shape index (κ1) is 11.3. The first-order valence-corrected chi connectivity index (χ1v) is 5.97. The van der Waals surface area contributed by atoms with Crippen molar-refractivity contribution < 1.29 is 5.11 Å². The van der Waals surface area contributed by atoms with Gasteiger partial charge in [0.1, 0.15) is 0 Å². The predicted octanol–water partition coefficient (Wildman–Crippen LogP) is 1.63. The molecule has 0 bridgehead atoms. The molecule has 0 aromatic carbocycles. The van der Waals surface area contributed by atoms with Crippen molar-refractivity contribution in [2.45, 2.75) is 44.0 Å². The van der Waals surface area contributed by atoms with Crippen LogP contribution in [0, 0.1) is 0 Å². The summed E-state index contributed by atoms with van der Waals surface area (Å²) in [5.74, 6) is 1.29. The Bertz CT molecular complexity index is 159. The van der Waals surface area contributed by atoms with Gasteiger partial charge in [0, 0.05) is 17.8 Å². The van der Waals surface area contributed by atoms with E-state index in [9.17, 15) is 5.11 Å². The first-order valence-electron chi connectivity index (χ1n) is 4.98. The summed E-state index contributed by atoms with van der Waals surface area (Å²) in [5.41, 5.74) is -0.584. The van der Waals surface area contributed by atoms with Crippen molar-refractivity contribution in [2.75, 3.05) is 18.8 Å². The van der Waals surface area contributed by atoms with E-state index in [1.165, 1.54) is 18.6 Å². The Kier molecular flexibility index (Phi) is 3.66. The van der Waals surface area contributed by atoms with Crippen LogP contribution >= 0.6 is 11.8 Å². The molecular weight excluding hydrogens is 182 g/mol. The fraction of sp³-hybridized carbons (Fsp3) is 1.00. The Morgan fingerprint density at radius 1 is 1.54 bits per heavy atom. The van der Waals surface area contributed by atoms with Gasteiger partial charge in [-0.1, -0.05) is 0 Å². The van der Waals surface area contributed by atoms with Crippen LogP contribution in [0.3, 0.4) is 0 Å². The summed E-state index contributed by atoms with van der Waals surface area (Å²) in [5, 5.41) is 12.8. The lowest BCUT2D eigenvalue weighted by Crippen LogP contribution is -2.41. The molecule has 1 unspecified atom stereocenters. The van der Waals surface area contributed by atoms with Crippen LogP contribution in [0.2, 0.25) is 0 Å². The fourth-order valence-corrected chi connectivity index (χ4v) is 2.88. The number of aliphatic hydroxyl groups is 1. The molecule has 0 radical (unpaired) electrons. The summed E-state index contributed by atoms with van der Waals surface area (Å²) in [6, 6.07) is 0. The van der Waals surface area contributed by atoms with Gasteiger partial charge in [-0.2, -0.15) is 11.8 Å². The predicted molar refractivity (Wildman–Crippen MR) is 59.3 cm³/mol. The van der Waals surface area contributed by atoms with Crippen LogP contribution in [0.15, 0.2) is 0 Å². The zero-order valence-electron chi connectivity index (χ0n) is 8.89. The van der Waals surface area contributed by atoms with E-state index in [0.717, 1.165) is 6.54 Å². The maximum atomic E-state index is 9.51. The molecular formula is C10H21NOS. The highest BCUT2D eigenvalue weighted by Gasteiger charge is 2.29. The number of hydrogen-bond donors (Lipinski definition) is 2. The van der Waals surface area contributed by atoms with Crippen molar-refractivity contribution >= 4 is 11.8 Å². The average Bonchev–Trinajstić information content (AvgIpc) is 2.33. The fourth-order valence-electron chi connectivity index (χ4n) is 1.61. The Labute approximate surface area is 85.5 Å². The molecule has 78 valence electrons. The summed E-state index contributed by atoms with van der Waals surface area (Å²) in [6.45, 7) is 7.68. The highest BCUT2D eigenvalue weighted by Crippen LogP contribution is 2.36. The Morgan fingerprint density at radius 2 is 2.23 bits per heavy atom. The average molecular weight is 203 g/mol. The van der Waals surface area contributed by atoms with E-state index >= 15 is 0 Å². The molecule has 0 saturated carbocycles. The van der Waals surface area contributed by atoms with Crippen molar-refractivity contribution in [3.05, 3.63) is 0 Å². The minimum absolute atomic E-state index is 0.408. The van der Waals surface area contributed by atoms with Crippen LogP contribution in [0.5, 0.6) is 0 Å². The van der Waals surface area contributed by atoms with E-state index in [2.05, 4.69) is 24.0 Å². The van der Waals surface area contributed by atoms with E-state index in [1.54, 1.807) is 0 Å². The third-order valence-electron chi connectivity index (χ3n) is 2.36. The topological polar surface area (TPSA) is 32.3 Å². The Balaban J connectivity index is 2.18. The van der Waals surface area contributed by atoms with E-state index in [4.69, 9.17) is 0 Å². The monoisotopic (exact) mass is 203 g/mol. The van der Waals surface area contributed by atoms with Crippen LogP contribution in [-0.2, 0) is 0 Å². The van der Waals surface area contributed by atoms with Crippen molar-refractivity contribution in [3.63, 3.8) is 0 Å². The maximum Gasteiger partial charge on any atom is 0.0715 e. The molecule has 1 aliphatic rings. The van der Waals surface area contributed by atoms with Crippen molar-refractivity contribution in [1.82, 2.24) is 5.32 Å². The van der Waals surface area contributed by atoms with Crippen LogP contribution in [0.1, 0.15) is 33.6 Å². The summed E-state index contributed by atoms with van der Waals surface area (Å²) in [4.78, 5) is 0. The molecule has 0 aliphatic carbocycles. The van der Waals surface area contributed by atoms with E-state index in [0.29, 0.717) is 11.3 Å². The van der Waals surface area contributed by atoms with E-state index < -0.39 is 5.60 Å². The zero-order chi connectivity index (χ0) is 9.95. The standard InChI is InChI=1S/C10H21NOS/c1-9(2,12)7-11-8-10(3)5-4-6-13-10/h11-12H,4-8H2,1-3H3. The minimum atomic E-state index is -0.584. The molecule has 1 rings (SSSR count). The van der Waals surface area contributed by atoms with Crippen LogP contribution in [0.25, 0.3) is 0 Å². The second kappa shape index (κ2) is 4.20. The lowest BCUT2D eigenvalue weighted by atomic mass is 10.1. The highest BCUT2D eigenvalue weighted by atomic mass is 32.2. The number of rotatable bonds is 4. The summed E-state index contributed by atoms with van der Waals surface area (Å²) in [7, 11) is 0. The molecule has 13 heavy (non-hydrogen) atoms. The highest BCUT2D eigenvalue weighted by molar-refractivity contribution is 8.00. The molecule has 0 spiro atoms. The van der Waals surface area contributed by atoms with Gasteiger partial charge >= 0.3 is 0 Å². The second-order valence-corrected chi connectivity index (χ2v) is 6.50. The van der Waals surface area contributed by atoms with Gasteiger partial charge in [-0.05, 0) is 39.4 Å². The van der Waals surface area contributed by atoms with E-state index in [1.807, 2.05) is 13.8 Å². The number of nitrogens with one attached hydrogen (secondary N) is 1. The van der Waals surface area contributed by atoms with Crippen molar-refractivity contribution in [1.29, 1.82) is 0 Å². The molecule has 0 amide bonds. The van der Waals surface area contributed by atoms with Gasteiger partial charge in [0.15, 0.2) is 0 Å². The molecule has 0 aromatic rings. The summed E-state index contributed by atoms with van der Waals surface area (Å²) >= 11 is 2.05. The Morgan fingerprint density at radius 3 is 2.69 bits per heavy atom. The molecule has 1 aliphatic heterocycles. The molecule has 1 saturated heterocycles. The molecule has 2 nitrogen and oxygen atoms in total. The largest absolute Gasteiger partial charge is 0.389 e. The second-order valence-electron chi connectivity index (χ2n) is 4.82. The molecule has 2 N–H and O–H groups in total. The van der Waals surface area contributed by atoms with Crippen LogP contribution in [0.4, 0.5) is 0 Å². The molecule has 0 aromatic heterocycles. The van der Waals surface area contributed by atoms with Gasteiger partial charge in [0.05, 0.1) is 5.60 Å². The Hall–Kier alpha value is 0.270. The third-order valence-corrected chi connectivity index (χ3v) is 3.90. The normalized spacial score (nSPS) is 29.5. The van der Waals surface area contributed by atoms with Gasteiger partial charge in [-0.15, -0.1) is 0 Å². The van der Waals surface area contributed by atoms with Gasteiger partial charge in [-0.25, -0.2) is 0 Å². The van der Waals surface area contributed by atoms with Crippen LogP contribution < -0.4 is 5.32 Å².